The van der Waals surface area contributed by atoms with Gasteiger partial charge in [-0.1, -0.05) is 0 Å². The second-order valence-electron chi connectivity index (χ2n) is 0. The fourth-order valence-corrected chi connectivity index (χ4v) is 0. The summed E-state index contributed by atoms with van der Waals surface area (Å²) >= 11 is 0. The Morgan fingerprint density at radius 3 is 0.273 bits per heavy atom. The predicted molar refractivity (Wildman–Crippen MR) is 4.81 cm³/mol. The van der Waals surface area contributed by atoms with Crippen molar-refractivity contribution >= 4 is 0 Å². The molecule has 0 rings (SSSR count). The molecular formula is Cr2O7Os2. The van der Waals surface area contributed by atoms with Gasteiger partial charge in [-0.05, 0) is 0 Å². The van der Waals surface area contributed by atoms with Crippen LogP contribution in [0.25, 0.3) is 0 Å². The molecule has 0 aromatic heterocycles. The molecule has 0 amide bonds. The summed E-state index contributed by atoms with van der Waals surface area (Å²) < 4.78 is 0. The summed E-state index contributed by atoms with van der Waals surface area (Å²) in [7, 11) is 0. The van der Waals surface area contributed by atoms with Crippen LogP contribution in [-0.2, 0) is 113 Å². The third-order valence-electron chi connectivity index (χ3n) is 0. The third kappa shape index (κ3) is 288. The van der Waals surface area contributed by atoms with Gasteiger partial charge < -0.3 is 38.3 Å². The summed E-state index contributed by atoms with van der Waals surface area (Å²) in [5, 5.41) is 0. The normalized spacial score (nSPS) is 0. The Labute approximate surface area is 112 Å². The SMILES string of the molecule is [Cr+3].[Cr+3].[O-2].[O-2].[O-2].[O-2].[O-2].[O-2].[O-2].[Os+4].[Os+4]. The van der Waals surface area contributed by atoms with Crippen LogP contribution in [-0.4, -0.2) is 0 Å². The van der Waals surface area contributed by atoms with Crippen molar-refractivity contribution in [2.75, 3.05) is 0 Å². The van der Waals surface area contributed by atoms with Crippen LogP contribution in [0.5, 0.6) is 0 Å². The smallest absolute Gasteiger partial charge is 2.00 e. The summed E-state index contributed by atoms with van der Waals surface area (Å²) in [6.07, 6.45) is 0. The molecule has 70 valence electrons. The zero-order valence-electron chi connectivity index (χ0n) is 4.38. The van der Waals surface area contributed by atoms with Gasteiger partial charge in [0.05, 0.1) is 0 Å². The van der Waals surface area contributed by atoms with Gasteiger partial charge in [-0.3, -0.25) is 0 Å². The van der Waals surface area contributed by atoms with Gasteiger partial charge in [0.2, 0.25) is 0 Å². The molecule has 0 spiro atoms. The van der Waals surface area contributed by atoms with Crippen LogP contribution in [0, 0.1) is 0 Å². The molecule has 0 aliphatic heterocycles. The minimum absolute atomic E-state index is 0. The average Bonchev–Trinajstić information content (AvgIpc) is 0. The molecule has 0 unspecified atom stereocenters. The Morgan fingerprint density at radius 2 is 0.273 bits per heavy atom. The monoisotopic (exact) mass is 600 g/mol. The minimum Gasteiger partial charge on any atom is -2.00 e. The largest absolute Gasteiger partial charge is 4.00 e. The van der Waals surface area contributed by atoms with E-state index in [1.165, 1.54) is 0 Å². The maximum Gasteiger partial charge on any atom is 4.00 e. The van der Waals surface area contributed by atoms with Crippen LogP contribution >= 0.6 is 0 Å². The van der Waals surface area contributed by atoms with Crippen molar-refractivity contribution in [1.29, 1.82) is 0 Å². The Kier molecular flexibility index (Phi) is 14200. The standard InChI is InChI=1S/2Cr.7O.2Os/q2*+3;7*-2;2*+4. The van der Waals surface area contributed by atoms with Crippen molar-refractivity contribution in [1.82, 2.24) is 0 Å². The number of rotatable bonds is 0. The van der Waals surface area contributed by atoms with Gasteiger partial charge in [0.1, 0.15) is 0 Å². The van der Waals surface area contributed by atoms with Crippen LogP contribution in [0.1, 0.15) is 0 Å². The van der Waals surface area contributed by atoms with E-state index in [1.807, 2.05) is 0 Å². The van der Waals surface area contributed by atoms with E-state index in [9.17, 15) is 0 Å². The predicted octanol–water partition coefficient (Wildman–Crippen LogP) is -0.842. The van der Waals surface area contributed by atoms with E-state index in [4.69, 9.17) is 0 Å². The first-order valence-electron chi connectivity index (χ1n) is 0. The van der Waals surface area contributed by atoms with Crippen LogP contribution in [0.15, 0.2) is 0 Å². The van der Waals surface area contributed by atoms with E-state index in [0.29, 0.717) is 0 Å². The van der Waals surface area contributed by atoms with Gasteiger partial charge in [0, 0.05) is 0 Å². The molecule has 0 N–H and O–H groups in total. The number of hydrogen-bond donors (Lipinski definition) is 0. The topological polar surface area (TPSA) is 200 Å². The zero-order chi connectivity index (χ0) is 0. The van der Waals surface area contributed by atoms with Crippen LogP contribution < -0.4 is 0 Å². The first kappa shape index (κ1) is 448. The second kappa shape index (κ2) is 348. The molecule has 0 aromatic rings. The fourth-order valence-electron chi connectivity index (χ4n) is 0. The van der Waals surface area contributed by atoms with Crippen LogP contribution in [0.4, 0.5) is 0 Å². The molecule has 7 nitrogen and oxygen atoms in total. The second-order valence-corrected chi connectivity index (χ2v) is 0. The molecule has 11 heavy (non-hydrogen) atoms. The van der Waals surface area contributed by atoms with Gasteiger partial charge >= 0.3 is 74.3 Å². The summed E-state index contributed by atoms with van der Waals surface area (Å²) in [5.41, 5.74) is 0. The van der Waals surface area contributed by atoms with Crippen LogP contribution in [0.2, 0.25) is 0 Å². The molecule has 11 heteroatoms. The third-order valence-corrected chi connectivity index (χ3v) is 0. The molecule has 0 heterocycles. The van der Waals surface area contributed by atoms with E-state index < -0.39 is 0 Å². The average molecular weight is 596 g/mol. The summed E-state index contributed by atoms with van der Waals surface area (Å²) in [6.45, 7) is 0. The molecule has 2 radical (unpaired) electrons. The maximum atomic E-state index is 0. The van der Waals surface area contributed by atoms with Crippen molar-refractivity contribution < 1.29 is 113 Å². The van der Waals surface area contributed by atoms with E-state index >= 15 is 0 Å². The fraction of sp³-hybridized carbons (Fsp3) is 0. The van der Waals surface area contributed by atoms with Crippen molar-refractivity contribution in [3.63, 3.8) is 0 Å². The van der Waals surface area contributed by atoms with Crippen molar-refractivity contribution in [2.45, 2.75) is 0 Å². The molecule has 0 saturated heterocycles. The Hall–Kier alpha value is 2.06. The summed E-state index contributed by atoms with van der Waals surface area (Å²) in [6, 6.07) is 0. The van der Waals surface area contributed by atoms with Crippen molar-refractivity contribution in [3.8, 4) is 0 Å². The molecule has 0 aromatic carbocycles. The molecular weight excluding hydrogens is 596 g/mol. The summed E-state index contributed by atoms with van der Waals surface area (Å²) in [4.78, 5) is 0. The van der Waals surface area contributed by atoms with Gasteiger partial charge in [0.15, 0.2) is 0 Å². The Bertz CT molecular complexity index is 14.4. The van der Waals surface area contributed by atoms with Gasteiger partial charge in [-0.2, -0.15) is 0 Å². The molecule has 0 aliphatic carbocycles. The van der Waals surface area contributed by atoms with Crippen molar-refractivity contribution in [3.05, 3.63) is 0 Å². The molecule has 0 atom stereocenters. The molecule has 0 saturated carbocycles. The molecule has 0 aliphatic rings. The summed E-state index contributed by atoms with van der Waals surface area (Å²) in [5.74, 6) is 0. The van der Waals surface area contributed by atoms with E-state index in [-0.39, 0.29) is 113 Å². The molecule has 0 bridgehead atoms. The maximum absolute atomic E-state index is 0. The minimum atomic E-state index is 0. The van der Waals surface area contributed by atoms with E-state index in [2.05, 4.69) is 0 Å². The van der Waals surface area contributed by atoms with E-state index in [1.54, 1.807) is 0 Å². The van der Waals surface area contributed by atoms with Crippen molar-refractivity contribution in [2.24, 2.45) is 0 Å². The van der Waals surface area contributed by atoms with Gasteiger partial charge in [-0.25, -0.2) is 0 Å². The zero-order valence-corrected chi connectivity index (χ0v) is 12.0. The molecule has 0 fully saturated rings. The van der Waals surface area contributed by atoms with Gasteiger partial charge in [0.25, 0.3) is 0 Å². The Balaban J connectivity index is 0. The first-order chi connectivity index (χ1) is 0. The number of hydrogen-bond acceptors (Lipinski definition) is 0. The Morgan fingerprint density at radius 1 is 0.273 bits per heavy atom. The van der Waals surface area contributed by atoms with Gasteiger partial charge in [-0.15, -0.1) is 0 Å². The van der Waals surface area contributed by atoms with Crippen LogP contribution in [0.3, 0.4) is 0 Å². The van der Waals surface area contributed by atoms with E-state index in [0.717, 1.165) is 0 Å². The quantitative estimate of drug-likeness (QED) is 0.336. The first-order valence-corrected chi connectivity index (χ1v) is 0.